The van der Waals surface area contributed by atoms with Gasteiger partial charge in [-0.25, -0.2) is 0 Å². The highest BCUT2D eigenvalue weighted by Crippen LogP contribution is 2.32. The minimum atomic E-state index is -1.23. The third-order valence-electron chi connectivity index (χ3n) is 4.77. The van der Waals surface area contributed by atoms with Crippen LogP contribution in [-0.2, 0) is 4.79 Å². The van der Waals surface area contributed by atoms with Gasteiger partial charge in [-0.1, -0.05) is 49.1 Å². The van der Waals surface area contributed by atoms with Gasteiger partial charge in [0, 0.05) is 22.7 Å². The van der Waals surface area contributed by atoms with Gasteiger partial charge < -0.3 is 15.3 Å². The third-order valence-corrected chi connectivity index (χ3v) is 5.12. The molecular formula is C17H25ClN2O2. The zero-order valence-electron chi connectivity index (χ0n) is 13.3. The van der Waals surface area contributed by atoms with E-state index < -0.39 is 6.10 Å². The fourth-order valence-corrected chi connectivity index (χ4v) is 3.42. The highest BCUT2D eigenvalue weighted by Gasteiger charge is 2.35. The van der Waals surface area contributed by atoms with E-state index in [1.807, 2.05) is 0 Å². The first-order valence-electron chi connectivity index (χ1n) is 7.84. The molecule has 5 heteroatoms. The van der Waals surface area contributed by atoms with Crippen molar-refractivity contribution in [1.82, 2.24) is 10.2 Å². The van der Waals surface area contributed by atoms with Crippen LogP contribution in [-0.4, -0.2) is 42.1 Å². The molecule has 0 saturated heterocycles. The van der Waals surface area contributed by atoms with Gasteiger partial charge in [-0.15, -0.1) is 0 Å². The van der Waals surface area contributed by atoms with Crippen LogP contribution in [0.4, 0.5) is 0 Å². The van der Waals surface area contributed by atoms with Gasteiger partial charge in [0.1, 0.15) is 0 Å². The Balaban J connectivity index is 2.01. The van der Waals surface area contributed by atoms with Crippen LogP contribution < -0.4 is 5.32 Å². The van der Waals surface area contributed by atoms with Crippen molar-refractivity contribution in [2.45, 2.75) is 43.7 Å². The number of nitrogens with one attached hydrogen (secondary N) is 1. The minimum absolute atomic E-state index is 0.00584. The number of likely N-dealkylation sites (N-methyl/N-ethyl adjacent to an activating group) is 1. The van der Waals surface area contributed by atoms with Gasteiger partial charge >= 0.3 is 0 Å². The summed E-state index contributed by atoms with van der Waals surface area (Å²) in [6.45, 7) is 0.556. The number of benzene rings is 1. The summed E-state index contributed by atoms with van der Waals surface area (Å²) in [5.41, 5.74) is 0.443. The number of hydrogen-bond donors (Lipinski definition) is 2. The van der Waals surface area contributed by atoms with Gasteiger partial charge in [0.05, 0.1) is 0 Å². The molecule has 1 aliphatic carbocycles. The molecule has 1 amide bonds. The van der Waals surface area contributed by atoms with E-state index in [2.05, 4.69) is 24.3 Å². The number of carbonyl (C=O) groups is 1. The Labute approximate surface area is 137 Å². The summed E-state index contributed by atoms with van der Waals surface area (Å²) in [6, 6.07) is 6.89. The lowest BCUT2D eigenvalue weighted by Crippen LogP contribution is -2.54. The van der Waals surface area contributed by atoms with Crippen molar-refractivity contribution in [3.8, 4) is 0 Å². The molecule has 0 bridgehead atoms. The van der Waals surface area contributed by atoms with Crippen LogP contribution in [0.3, 0.4) is 0 Å². The highest BCUT2D eigenvalue weighted by atomic mass is 35.5. The quantitative estimate of drug-likeness (QED) is 0.875. The number of halogens is 1. The molecule has 0 aliphatic heterocycles. The monoisotopic (exact) mass is 324 g/mol. The number of carbonyl (C=O) groups excluding carboxylic acids is 1. The molecule has 2 rings (SSSR count). The van der Waals surface area contributed by atoms with Crippen LogP contribution in [0.15, 0.2) is 24.3 Å². The molecule has 1 fully saturated rings. The van der Waals surface area contributed by atoms with Crippen molar-refractivity contribution in [3.63, 3.8) is 0 Å². The maximum absolute atomic E-state index is 12.3. The number of rotatable bonds is 5. The van der Waals surface area contributed by atoms with Gasteiger partial charge in [-0.3, -0.25) is 4.79 Å². The van der Waals surface area contributed by atoms with E-state index in [0.29, 0.717) is 17.1 Å². The second kappa shape index (κ2) is 7.44. The molecule has 4 nitrogen and oxygen atoms in total. The van der Waals surface area contributed by atoms with Crippen LogP contribution in [0.2, 0.25) is 5.02 Å². The molecule has 0 heterocycles. The lowest BCUT2D eigenvalue weighted by atomic mass is 9.80. The Morgan fingerprint density at radius 1 is 1.32 bits per heavy atom. The predicted octanol–water partition coefficient (Wildman–Crippen LogP) is 2.75. The maximum atomic E-state index is 12.3. The third kappa shape index (κ3) is 3.80. The first kappa shape index (κ1) is 17.3. The average Bonchev–Trinajstić information content (AvgIpc) is 2.53. The second-order valence-corrected chi connectivity index (χ2v) is 6.73. The smallest absolute Gasteiger partial charge is 0.253 e. The van der Waals surface area contributed by atoms with Crippen molar-refractivity contribution in [2.75, 3.05) is 20.6 Å². The summed E-state index contributed by atoms with van der Waals surface area (Å²) in [4.78, 5) is 14.5. The van der Waals surface area contributed by atoms with Crippen molar-refractivity contribution < 1.29 is 9.90 Å². The summed E-state index contributed by atoms with van der Waals surface area (Å²) < 4.78 is 0. The van der Waals surface area contributed by atoms with E-state index >= 15 is 0 Å². The van der Waals surface area contributed by atoms with Gasteiger partial charge in [0.25, 0.3) is 5.91 Å². The van der Waals surface area contributed by atoms with Gasteiger partial charge in [0.2, 0.25) is 0 Å². The van der Waals surface area contributed by atoms with Crippen molar-refractivity contribution >= 4 is 17.5 Å². The summed E-state index contributed by atoms with van der Waals surface area (Å²) in [7, 11) is 4.12. The Hall–Kier alpha value is -1.10. The molecule has 0 radical (unpaired) electrons. The topological polar surface area (TPSA) is 52.6 Å². The zero-order valence-corrected chi connectivity index (χ0v) is 14.1. The number of hydrogen-bond acceptors (Lipinski definition) is 3. The van der Waals surface area contributed by atoms with Crippen molar-refractivity contribution in [1.29, 1.82) is 0 Å². The van der Waals surface area contributed by atoms with Gasteiger partial charge in [-0.2, -0.15) is 0 Å². The van der Waals surface area contributed by atoms with Crippen LogP contribution in [0.5, 0.6) is 0 Å². The molecule has 0 spiro atoms. The maximum Gasteiger partial charge on any atom is 0.253 e. The fourth-order valence-electron chi connectivity index (χ4n) is 3.18. The molecule has 0 aromatic heterocycles. The van der Waals surface area contributed by atoms with E-state index in [0.717, 1.165) is 12.8 Å². The van der Waals surface area contributed by atoms with E-state index in [9.17, 15) is 9.90 Å². The lowest BCUT2D eigenvalue weighted by Gasteiger charge is -2.43. The molecule has 1 aromatic rings. The van der Waals surface area contributed by atoms with Crippen LogP contribution >= 0.6 is 11.6 Å². The van der Waals surface area contributed by atoms with E-state index in [-0.39, 0.29) is 11.4 Å². The Morgan fingerprint density at radius 2 is 1.95 bits per heavy atom. The molecule has 2 N–H and O–H groups in total. The zero-order chi connectivity index (χ0) is 16.2. The van der Waals surface area contributed by atoms with Crippen LogP contribution in [0.1, 0.15) is 43.8 Å². The first-order valence-corrected chi connectivity index (χ1v) is 8.22. The van der Waals surface area contributed by atoms with Crippen molar-refractivity contribution in [3.05, 3.63) is 34.9 Å². The molecule has 22 heavy (non-hydrogen) atoms. The molecule has 0 unspecified atom stereocenters. The lowest BCUT2D eigenvalue weighted by molar-refractivity contribution is -0.130. The summed E-state index contributed by atoms with van der Waals surface area (Å²) in [5, 5.41) is 13.5. The van der Waals surface area contributed by atoms with E-state index in [1.54, 1.807) is 24.3 Å². The first-order chi connectivity index (χ1) is 10.5. The summed E-state index contributed by atoms with van der Waals surface area (Å²) >= 11 is 6.04. The molecule has 1 saturated carbocycles. The molecule has 1 atom stereocenters. The Morgan fingerprint density at radius 3 is 2.55 bits per heavy atom. The number of nitrogens with zero attached hydrogens (tertiary/aromatic N) is 1. The summed E-state index contributed by atoms with van der Waals surface area (Å²) in [6.07, 6.45) is 4.54. The van der Waals surface area contributed by atoms with E-state index in [1.165, 1.54) is 19.3 Å². The van der Waals surface area contributed by atoms with Gasteiger partial charge in [-0.05, 0) is 33.0 Å². The van der Waals surface area contributed by atoms with Gasteiger partial charge in [0.15, 0.2) is 6.10 Å². The molecular weight excluding hydrogens is 300 g/mol. The highest BCUT2D eigenvalue weighted by molar-refractivity contribution is 6.31. The average molecular weight is 325 g/mol. The second-order valence-electron chi connectivity index (χ2n) is 6.32. The van der Waals surface area contributed by atoms with E-state index in [4.69, 9.17) is 11.6 Å². The van der Waals surface area contributed by atoms with Crippen LogP contribution in [0.25, 0.3) is 0 Å². The number of amides is 1. The predicted molar refractivity (Wildman–Crippen MR) is 88.9 cm³/mol. The number of aliphatic hydroxyl groups excluding tert-OH is 1. The van der Waals surface area contributed by atoms with Crippen molar-refractivity contribution in [2.24, 2.45) is 0 Å². The Bertz CT molecular complexity index is 513. The molecule has 1 aliphatic rings. The fraction of sp³-hybridized carbons (Fsp3) is 0.588. The standard InChI is InChI=1S/C17H25ClN2O2/c1-20(2)17(10-6-3-7-11-17)12-19-16(22)15(21)13-8-4-5-9-14(13)18/h4-5,8-9,15,21H,3,6-7,10-12H2,1-2H3,(H,19,22)/t15-/m1/s1. The van der Waals surface area contributed by atoms with Crippen LogP contribution in [0, 0.1) is 0 Å². The Kier molecular flexibility index (Phi) is 5.84. The molecule has 1 aromatic carbocycles. The SMILES string of the molecule is CN(C)C1(CNC(=O)[C@H](O)c2ccccc2Cl)CCCCC1. The molecule has 122 valence electrons. The minimum Gasteiger partial charge on any atom is -0.378 e. The number of aliphatic hydroxyl groups is 1. The normalized spacial score (nSPS) is 19.0. The largest absolute Gasteiger partial charge is 0.378 e. The summed E-state index contributed by atoms with van der Waals surface area (Å²) in [5.74, 6) is -0.389.